The van der Waals surface area contributed by atoms with Crippen LogP contribution in [0, 0.1) is 0 Å². The molecule has 2 aliphatic carbocycles. The number of halogens is 3. The zero-order valence-electron chi connectivity index (χ0n) is 17.5. The lowest BCUT2D eigenvalue weighted by atomic mass is 9.49. The monoisotopic (exact) mass is 457 g/mol. The van der Waals surface area contributed by atoms with Gasteiger partial charge in [0.1, 0.15) is 0 Å². The number of aromatic nitrogens is 1. The Bertz CT molecular complexity index is 1350. The fraction of sp³-hybridized carbons (Fsp3) is 0.417. The Morgan fingerprint density at radius 3 is 2.85 bits per heavy atom. The molecule has 0 amide bonds. The van der Waals surface area contributed by atoms with Crippen molar-refractivity contribution in [3.8, 4) is 11.5 Å². The number of hydrogen-bond acceptors (Lipinski definition) is 5. The van der Waals surface area contributed by atoms with Crippen LogP contribution in [-0.2, 0) is 18.3 Å². The van der Waals surface area contributed by atoms with Gasteiger partial charge in [0.2, 0.25) is 0 Å². The fourth-order valence-corrected chi connectivity index (χ4v) is 7.21. The summed E-state index contributed by atoms with van der Waals surface area (Å²) < 4.78 is 46.9. The molecule has 4 aliphatic rings. The van der Waals surface area contributed by atoms with Gasteiger partial charge in [-0.25, -0.2) is 0 Å². The van der Waals surface area contributed by atoms with Crippen molar-refractivity contribution in [2.24, 2.45) is 0 Å². The number of ether oxygens (including phenoxy) is 1. The quantitative estimate of drug-likeness (QED) is 0.421. The van der Waals surface area contributed by atoms with E-state index in [4.69, 9.17) is 10.5 Å². The molecule has 3 aromatic rings. The summed E-state index contributed by atoms with van der Waals surface area (Å²) in [6, 6.07) is 8.02. The highest BCUT2D eigenvalue weighted by Crippen LogP contribution is 2.69. The lowest BCUT2D eigenvalue weighted by Crippen LogP contribution is -2.75. The highest BCUT2D eigenvalue weighted by molar-refractivity contribution is 5.88. The predicted octanol–water partition coefficient (Wildman–Crippen LogP) is 3.31. The van der Waals surface area contributed by atoms with Crippen LogP contribution in [0.3, 0.4) is 0 Å². The number of piperidine rings is 1. The maximum atomic E-state index is 13.5. The van der Waals surface area contributed by atoms with E-state index in [1.54, 1.807) is 12.1 Å². The average molecular weight is 457 g/mol. The van der Waals surface area contributed by atoms with Crippen LogP contribution in [0.15, 0.2) is 30.3 Å². The molecular weight excluding hydrogens is 435 g/mol. The third kappa shape index (κ3) is 2.22. The maximum absolute atomic E-state index is 13.5. The summed E-state index contributed by atoms with van der Waals surface area (Å²) in [5.74, 6) is 0.322. The van der Waals surface area contributed by atoms with E-state index in [1.165, 1.54) is 11.0 Å². The molecule has 6 nitrogen and oxygen atoms in total. The summed E-state index contributed by atoms with van der Waals surface area (Å²) in [6.07, 6.45) is -4.28. The van der Waals surface area contributed by atoms with Crippen LogP contribution in [0.1, 0.15) is 34.9 Å². The highest BCUT2D eigenvalue weighted by Gasteiger charge is 2.73. The molecule has 7 rings (SSSR count). The number of nitrogens with two attached hydrogens (primary N) is 1. The molecule has 1 saturated heterocycles. The first-order valence-electron chi connectivity index (χ1n) is 11.1. The number of hydrogen-bond donors (Lipinski definition) is 4. The molecule has 4 atom stereocenters. The lowest BCUT2D eigenvalue weighted by Gasteiger charge is -2.62. The molecule has 1 fully saturated rings. The first-order chi connectivity index (χ1) is 15.6. The number of aromatic hydroxyl groups is 1. The molecule has 0 saturated carbocycles. The first-order valence-corrected chi connectivity index (χ1v) is 11.1. The van der Waals surface area contributed by atoms with E-state index >= 15 is 0 Å². The SMILES string of the molecule is Nc1ccc2[nH]c3c(c2c1)C[C@@]1(O)[C@H]2Cc4ccc(O)c5c4[C@@]1(CCN2CC(F)(F)F)[C@H]3O5. The number of aliphatic hydroxyl groups is 1. The second-order valence-corrected chi connectivity index (χ2v) is 9.90. The number of nitrogens with zero attached hydrogens (tertiary/aromatic N) is 1. The summed E-state index contributed by atoms with van der Waals surface area (Å²) in [7, 11) is 0. The van der Waals surface area contributed by atoms with E-state index < -0.39 is 35.9 Å². The molecule has 1 spiro atoms. The van der Waals surface area contributed by atoms with Crippen molar-refractivity contribution in [3.05, 3.63) is 52.7 Å². The van der Waals surface area contributed by atoms with Crippen molar-refractivity contribution in [1.82, 2.24) is 9.88 Å². The Balaban J connectivity index is 1.52. The highest BCUT2D eigenvalue weighted by atomic mass is 19.4. The van der Waals surface area contributed by atoms with E-state index in [-0.39, 0.29) is 25.1 Å². The molecule has 172 valence electrons. The fourth-order valence-electron chi connectivity index (χ4n) is 7.21. The molecule has 33 heavy (non-hydrogen) atoms. The van der Waals surface area contributed by atoms with E-state index in [2.05, 4.69) is 4.98 Å². The van der Waals surface area contributed by atoms with Gasteiger partial charge in [-0.05, 0) is 48.2 Å². The Morgan fingerprint density at radius 2 is 2.06 bits per heavy atom. The average Bonchev–Trinajstić information content (AvgIpc) is 3.26. The summed E-state index contributed by atoms with van der Waals surface area (Å²) in [5, 5.41) is 23.9. The van der Waals surface area contributed by atoms with Crippen molar-refractivity contribution in [1.29, 1.82) is 0 Å². The molecule has 2 aromatic carbocycles. The largest absolute Gasteiger partial charge is 0.504 e. The van der Waals surface area contributed by atoms with E-state index in [9.17, 15) is 23.4 Å². The van der Waals surface area contributed by atoms with Crippen LogP contribution in [-0.4, -0.2) is 51.0 Å². The molecular formula is C24H22F3N3O3. The number of rotatable bonds is 1. The zero-order valence-corrected chi connectivity index (χ0v) is 17.5. The number of nitrogens with one attached hydrogen (secondary N) is 1. The Morgan fingerprint density at radius 1 is 1.24 bits per heavy atom. The van der Waals surface area contributed by atoms with E-state index in [0.29, 0.717) is 17.9 Å². The number of fused-ring (bicyclic) bond motifs is 4. The minimum absolute atomic E-state index is 0.0158. The van der Waals surface area contributed by atoms with Crippen molar-refractivity contribution >= 4 is 16.6 Å². The number of H-pyrrole nitrogens is 1. The third-order valence-corrected chi connectivity index (χ3v) is 8.38. The van der Waals surface area contributed by atoms with Crippen LogP contribution in [0.2, 0.25) is 0 Å². The Kier molecular flexibility index (Phi) is 3.42. The molecule has 1 aromatic heterocycles. The summed E-state index contributed by atoms with van der Waals surface area (Å²) in [5.41, 5.74) is 8.18. The van der Waals surface area contributed by atoms with Crippen molar-refractivity contribution < 1.29 is 28.1 Å². The number of phenols is 1. The van der Waals surface area contributed by atoms with Gasteiger partial charge in [0.05, 0.1) is 23.3 Å². The van der Waals surface area contributed by atoms with Gasteiger partial charge in [-0.3, -0.25) is 4.90 Å². The van der Waals surface area contributed by atoms with Crippen LogP contribution in [0.5, 0.6) is 11.5 Å². The van der Waals surface area contributed by atoms with Crippen molar-refractivity contribution in [2.45, 2.75) is 48.6 Å². The number of nitrogen functional groups attached to an aromatic ring is 1. The molecule has 2 bridgehead atoms. The zero-order chi connectivity index (χ0) is 22.9. The molecule has 2 aliphatic heterocycles. The van der Waals surface area contributed by atoms with Gasteiger partial charge >= 0.3 is 6.18 Å². The minimum atomic E-state index is -4.37. The van der Waals surface area contributed by atoms with Gasteiger partial charge in [-0.1, -0.05) is 6.07 Å². The van der Waals surface area contributed by atoms with Gasteiger partial charge in [-0.15, -0.1) is 0 Å². The van der Waals surface area contributed by atoms with Crippen LogP contribution in [0.4, 0.5) is 18.9 Å². The van der Waals surface area contributed by atoms with E-state index in [1.807, 2.05) is 12.1 Å². The first kappa shape index (κ1) is 19.5. The van der Waals surface area contributed by atoms with Crippen LogP contribution < -0.4 is 10.5 Å². The molecule has 9 heteroatoms. The standard InChI is InChI=1S/C24H22F3N3O3/c25-24(26,27)10-30-6-5-22-18-11-1-4-16(31)20(18)33-21(22)19-14(9-23(22,32)17(30)7-11)13-8-12(28)2-3-15(13)29-19/h1-4,8,17,21,29,31-32H,5-7,9-10,28H2/t17-,21+,22+,23-/m1/s1. The van der Waals surface area contributed by atoms with Crippen LogP contribution >= 0.6 is 0 Å². The minimum Gasteiger partial charge on any atom is -0.504 e. The van der Waals surface area contributed by atoms with Crippen LogP contribution in [0.25, 0.3) is 10.9 Å². The number of aromatic amines is 1. The number of alkyl halides is 3. The number of anilines is 1. The second kappa shape index (κ2) is 5.77. The van der Waals surface area contributed by atoms with Gasteiger partial charge in [0.15, 0.2) is 17.6 Å². The van der Waals surface area contributed by atoms with Crippen molar-refractivity contribution in [3.63, 3.8) is 0 Å². The Labute approximate surface area is 186 Å². The number of benzene rings is 2. The molecule has 5 N–H and O–H groups in total. The molecule has 0 unspecified atom stereocenters. The third-order valence-electron chi connectivity index (χ3n) is 8.38. The summed E-state index contributed by atoms with van der Waals surface area (Å²) >= 11 is 0. The van der Waals surface area contributed by atoms with Crippen molar-refractivity contribution in [2.75, 3.05) is 18.8 Å². The second-order valence-electron chi connectivity index (χ2n) is 9.90. The van der Waals surface area contributed by atoms with Gasteiger partial charge < -0.3 is 25.7 Å². The smallest absolute Gasteiger partial charge is 0.401 e. The van der Waals surface area contributed by atoms with Gasteiger partial charge in [0, 0.05) is 41.2 Å². The van der Waals surface area contributed by atoms with E-state index in [0.717, 1.165) is 33.3 Å². The normalized spacial score (nSPS) is 31.9. The van der Waals surface area contributed by atoms with Gasteiger partial charge in [0.25, 0.3) is 0 Å². The number of likely N-dealkylation sites (tertiary alicyclic amines) is 1. The topological polar surface area (TPSA) is 94.7 Å². The Hall–Kier alpha value is -2.91. The predicted molar refractivity (Wildman–Crippen MR) is 114 cm³/mol. The number of phenolic OH excluding ortho intramolecular Hbond substituents is 1. The maximum Gasteiger partial charge on any atom is 0.401 e. The summed E-state index contributed by atoms with van der Waals surface area (Å²) in [4.78, 5) is 4.81. The van der Waals surface area contributed by atoms with Gasteiger partial charge in [-0.2, -0.15) is 13.2 Å². The summed E-state index contributed by atoms with van der Waals surface area (Å²) in [6.45, 7) is -0.890. The molecule has 3 heterocycles. The lowest BCUT2D eigenvalue weighted by molar-refractivity contribution is -0.206. The molecule has 0 radical (unpaired) electrons.